The predicted octanol–water partition coefficient (Wildman–Crippen LogP) is 2.77. The average Bonchev–Trinajstić information content (AvgIpc) is 2.98. The van der Waals surface area contributed by atoms with Crippen LogP contribution in [-0.4, -0.2) is 97.5 Å². The maximum Gasteiger partial charge on any atom is 0.403 e. The van der Waals surface area contributed by atoms with E-state index in [2.05, 4.69) is 10.3 Å². The molecular formula is C16H28F6IN5. The molecule has 0 bridgehead atoms. The Balaban J connectivity index is 0.00000392. The van der Waals surface area contributed by atoms with E-state index < -0.39 is 24.9 Å². The molecule has 0 aliphatic carbocycles. The Kier molecular flexibility index (Phi) is 9.58. The number of hydrogen-bond donors (Lipinski definition) is 1. The quantitative estimate of drug-likeness (QED) is 0.262. The van der Waals surface area contributed by atoms with Crippen LogP contribution in [0.15, 0.2) is 4.99 Å². The molecule has 0 aromatic carbocycles. The minimum Gasteiger partial charge on any atom is -0.352 e. The van der Waals surface area contributed by atoms with Crippen molar-refractivity contribution < 1.29 is 26.3 Å². The number of nitrogens with zero attached hydrogens (tertiary/aromatic N) is 4. The van der Waals surface area contributed by atoms with Gasteiger partial charge in [-0.1, -0.05) is 0 Å². The zero-order chi connectivity index (χ0) is 20.2. The zero-order valence-electron chi connectivity index (χ0n) is 16.0. The molecule has 2 unspecified atom stereocenters. The highest BCUT2D eigenvalue weighted by atomic mass is 127. The number of alkyl halides is 6. The number of rotatable bonds is 4. The summed E-state index contributed by atoms with van der Waals surface area (Å²) in [6, 6.07) is -1.64. The Morgan fingerprint density at radius 2 is 1.68 bits per heavy atom. The summed E-state index contributed by atoms with van der Waals surface area (Å²) in [6.07, 6.45) is -7.91. The largest absolute Gasteiger partial charge is 0.403 e. The molecule has 12 heteroatoms. The van der Waals surface area contributed by atoms with Crippen molar-refractivity contribution in [3.05, 3.63) is 0 Å². The summed E-state index contributed by atoms with van der Waals surface area (Å²) in [5.41, 5.74) is 0. The molecule has 5 nitrogen and oxygen atoms in total. The van der Waals surface area contributed by atoms with Gasteiger partial charge >= 0.3 is 12.4 Å². The minimum atomic E-state index is -4.26. The van der Waals surface area contributed by atoms with Crippen molar-refractivity contribution in [3.63, 3.8) is 0 Å². The van der Waals surface area contributed by atoms with E-state index >= 15 is 0 Å². The van der Waals surface area contributed by atoms with Gasteiger partial charge in [-0.15, -0.1) is 24.0 Å². The summed E-state index contributed by atoms with van der Waals surface area (Å²) in [7, 11) is 0. The van der Waals surface area contributed by atoms with Crippen LogP contribution in [0.3, 0.4) is 0 Å². The third-order valence-electron chi connectivity index (χ3n) is 4.95. The second-order valence-corrected chi connectivity index (χ2v) is 7.02. The second kappa shape index (κ2) is 10.5. The standard InChI is InChI=1S/C16H27F6N5.HI/c1-3-23-14(24-13-4-5-25(10-13)11-15(17,18)19)27-8-6-26(7-9-27)12(2)16(20,21)22;/h12-13H,3-11H2,1-2H3,(H,23,24);1H. The van der Waals surface area contributed by atoms with Gasteiger partial charge in [0, 0.05) is 51.9 Å². The van der Waals surface area contributed by atoms with E-state index in [9.17, 15) is 26.3 Å². The number of nitrogens with one attached hydrogen (secondary N) is 1. The third-order valence-corrected chi connectivity index (χ3v) is 4.95. The van der Waals surface area contributed by atoms with Gasteiger partial charge in [0.2, 0.25) is 0 Å². The Labute approximate surface area is 178 Å². The van der Waals surface area contributed by atoms with E-state index in [1.165, 1.54) is 9.80 Å². The first kappa shape index (κ1) is 25.5. The van der Waals surface area contributed by atoms with Crippen LogP contribution in [0.4, 0.5) is 26.3 Å². The molecule has 0 aromatic rings. The van der Waals surface area contributed by atoms with Gasteiger partial charge < -0.3 is 10.2 Å². The molecule has 2 aliphatic heterocycles. The average molecular weight is 531 g/mol. The Morgan fingerprint density at radius 1 is 1.07 bits per heavy atom. The zero-order valence-corrected chi connectivity index (χ0v) is 18.3. The Morgan fingerprint density at radius 3 is 2.18 bits per heavy atom. The predicted molar refractivity (Wildman–Crippen MR) is 106 cm³/mol. The molecule has 1 N–H and O–H groups in total. The molecule has 28 heavy (non-hydrogen) atoms. The highest BCUT2D eigenvalue weighted by Crippen LogP contribution is 2.25. The van der Waals surface area contributed by atoms with E-state index in [1.54, 1.807) is 0 Å². The smallest absolute Gasteiger partial charge is 0.352 e. The maximum absolute atomic E-state index is 12.9. The molecule has 0 spiro atoms. The Hall–Kier alpha value is -0.500. The summed E-state index contributed by atoms with van der Waals surface area (Å²) >= 11 is 0. The van der Waals surface area contributed by atoms with Crippen molar-refractivity contribution in [2.24, 2.45) is 4.99 Å². The third kappa shape index (κ3) is 7.73. The highest BCUT2D eigenvalue weighted by Gasteiger charge is 2.41. The summed E-state index contributed by atoms with van der Waals surface area (Å²) in [5, 5.41) is 3.20. The molecular weight excluding hydrogens is 503 g/mol. The van der Waals surface area contributed by atoms with Crippen LogP contribution in [0.1, 0.15) is 20.3 Å². The lowest BCUT2D eigenvalue weighted by Crippen LogP contribution is -2.58. The molecule has 2 aliphatic rings. The molecule has 0 saturated carbocycles. The first-order chi connectivity index (χ1) is 12.5. The summed E-state index contributed by atoms with van der Waals surface area (Å²) in [6.45, 7) is 4.49. The number of piperazine rings is 1. The normalized spacial score (nSPS) is 24.2. The monoisotopic (exact) mass is 531 g/mol. The fourth-order valence-corrected chi connectivity index (χ4v) is 3.44. The minimum absolute atomic E-state index is 0. The lowest BCUT2D eigenvalue weighted by molar-refractivity contribution is -0.181. The van der Waals surface area contributed by atoms with Crippen molar-refractivity contribution in [1.82, 2.24) is 20.0 Å². The molecule has 2 fully saturated rings. The van der Waals surface area contributed by atoms with Gasteiger partial charge in [-0.3, -0.25) is 14.8 Å². The first-order valence-electron chi connectivity index (χ1n) is 9.15. The fourth-order valence-electron chi connectivity index (χ4n) is 3.44. The van der Waals surface area contributed by atoms with Crippen LogP contribution in [0.5, 0.6) is 0 Å². The van der Waals surface area contributed by atoms with Gasteiger partial charge in [0.25, 0.3) is 0 Å². The lowest BCUT2D eigenvalue weighted by atomic mass is 10.2. The summed E-state index contributed by atoms with van der Waals surface area (Å²) in [4.78, 5) is 9.00. The van der Waals surface area contributed by atoms with Crippen molar-refractivity contribution in [2.75, 3.05) is 52.4 Å². The summed E-state index contributed by atoms with van der Waals surface area (Å²) in [5.74, 6) is 0.565. The summed E-state index contributed by atoms with van der Waals surface area (Å²) < 4.78 is 76.1. The van der Waals surface area contributed by atoms with Gasteiger partial charge in [-0.2, -0.15) is 26.3 Å². The molecule has 0 amide bonds. The van der Waals surface area contributed by atoms with Crippen molar-refractivity contribution in [3.8, 4) is 0 Å². The fraction of sp³-hybridized carbons (Fsp3) is 0.938. The van der Waals surface area contributed by atoms with E-state index in [4.69, 9.17) is 0 Å². The van der Waals surface area contributed by atoms with E-state index in [1.807, 2.05) is 11.8 Å². The van der Waals surface area contributed by atoms with E-state index in [0.29, 0.717) is 38.6 Å². The number of likely N-dealkylation sites (tertiary alicyclic amines) is 1. The van der Waals surface area contributed by atoms with Gasteiger partial charge in [0.1, 0.15) is 6.04 Å². The van der Waals surface area contributed by atoms with E-state index in [-0.39, 0.29) is 49.7 Å². The maximum atomic E-state index is 12.9. The van der Waals surface area contributed by atoms with Crippen molar-refractivity contribution >= 4 is 29.9 Å². The lowest BCUT2D eigenvalue weighted by Gasteiger charge is -2.40. The van der Waals surface area contributed by atoms with E-state index in [0.717, 1.165) is 6.92 Å². The van der Waals surface area contributed by atoms with Crippen LogP contribution in [0.2, 0.25) is 0 Å². The van der Waals surface area contributed by atoms with Gasteiger partial charge in [-0.25, -0.2) is 0 Å². The van der Waals surface area contributed by atoms with Crippen molar-refractivity contribution in [2.45, 2.75) is 44.7 Å². The van der Waals surface area contributed by atoms with Gasteiger partial charge in [0.05, 0.1) is 6.54 Å². The van der Waals surface area contributed by atoms with Crippen LogP contribution in [0, 0.1) is 0 Å². The number of aliphatic imine (C=N–C) groups is 1. The molecule has 0 radical (unpaired) electrons. The molecule has 0 aromatic heterocycles. The molecule has 2 heterocycles. The topological polar surface area (TPSA) is 34.1 Å². The van der Waals surface area contributed by atoms with Crippen LogP contribution < -0.4 is 5.32 Å². The molecule has 2 rings (SSSR count). The molecule has 2 saturated heterocycles. The highest BCUT2D eigenvalue weighted by molar-refractivity contribution is 14.0. The molecule has 2 atom stereocenters. The van der Waals surface area contributed by atoms with Crippen LogP contribution in [0.25, 0.3) is 0 Å². The van der Waals surface area contributed by atoms with Crippen LogP contribution in [-0.2, 0) is 0 Å². The first-order valence-corrected chi connectivity index (χ1v) is 9.15. The van der Waals surface area contributed by atoms with Gasteiger partial charge in [-0.05, 0) is 20.3 Å². The molecule has 166 valence electrons. The SMILES string of the molecule is CCN=C(NC1CCN(CC(F)(F)F)C1)N1CCN(C(C)C(F)(F)F)CC1.I. The number of hydrogen-bond acceptors (Lipinski definition) is 3. The Bertz CT molecular complexity index is 505. The van der Waals surface area contributed by atoms with Gasteiger partial charge in [0.15, 0.2) is 5.96 Å². The second-order valence-electron chi connectivity index (χ2n) is 7.02. The van der Waals surface area contributed by atoms with Crippen molar-refractivity contribution in [1.29, 1.82) is 0 Å². The number of halogens is 7. The number of guanidine groups is 1. The van der Waals surface area contributed by atoms with Crippen LogP contribution >= 0.6 is 24.0 Å².